The zero-order valence-electron chi connectivity index (χ0n) is 12.3. The molecule has 2 rings (SSSR count). The molecular formula is C15H13BrN2O5. The van der Waals surface area contributed by atoms with E-state index in [1.807, 2.05) is 0 Å². The predicted molar refractivity (Wildman–Crippen MR) is 88.3 cm³/mol. The van der Waals surface area contributed by atoms with Crippen molar-refractivity contribution in [1.29, 1.82) is 0 Å². The van der Waals surface area contributed by atoms with Gasteiger partial charge in [0.25, 0.3) is 11.6 Å². The van der Waals surface area contributed by atoms with Crippen LogP contribution in [0.25, 0.3) is 0 Å². The van der Waals surface area contributed by atoms with Crippen LogP contribution in [0.15, 0.2) is 40.9 Å². The highest BCUT2D eigenvalue weighted by molar-refractivity contribution is 9.10. The topological polar surface area (TPSA) is 90.7 Å². The molecule has 0 aliphatic rings. The quantitative estimate of drug-likeness (QED) is 0.631. The fourth-order valence-electron chi connectivity index (χ4n) is 1.98. The van der Waals surface area contributed by atoms with Gasteiger partial charge < -0.3 is 14.8 Å². The van der Waals surface area contributed by atoms with E-state index in [0.717, 1.165) is 0 Å². The summed E-state index contributed by atoms with van der Waals surface area (Å²) >= 11 is 3.21. The Morgan fingerprint density at radius 1 is 1.17 bits per heavy atom. The number of nitrogens with zero attached hydrogens (tertiary/aromatic N) is 1. The Hall–Kier alpha value is -2.61. The number of rotatable bonds is 5. The number of nitro benzene ring substituents is 1. The first kappa shape index (κ1) is 16.8. The van der Waals surface area contributed by atoms with E-state index in [2.05, 4.69) is 21.2 Å². The molecule has 0 aliphatic carbocycles. The van der Waals surface area contributed by atoms with Crippen molar-refractivity contribution in [3.8, 4) is 11.5 Å². The zero-order valence-corrected chi connectivity index (χ0v) is 13.9. The Bertz CT molecular complexity index is 741. The summed E-state index contributed by atoms with van der Waals surface area (Å²) in [6, 6.07) is 9.05. The maximum atomic E-state index is 12.5. The predicted octanol–water partition coefficient (Wildman–Crippen LogP) is 3.63. The molecule has 8 heteroatoms. The van der Waals surface area contributed by atoms with Crippen molar-refractivity contribution in [3.05, 3.63) is 56.5 Å². The molecule has 7 nitrogen and oxygen atoms in total. The van der Waals surface area contributed by atoms with E-state index in [1.54, 1.807) is 18.2 Å². The number of anilines is 1. The molecule has 0 heterocycles. The summed E-state index contributed by atoms with van der Waals surface area (Å²) in [5, 5.41) is 13.4. The normalized spacial score (nSPS) is 10.0. The summed E-state index contributed by atoms with van der Waals surface area (Å²) in [5.41, 5.74) is 0.557. The van der Waals surface area contributed by atoms with Gasteiger partial charge in [-0.1, -0.05) is 6.07 Å². The van der Waals surface area contributed by atoms with Crippen LogP contribution in [-0.4, -0.2) is 25.1 Å². The standard InChI is InChI=1S/C15H13BrN2O5/c1-22-12-4-3-5-13(23-2)14(12)15(19)17-11-7-6-9(18(20)21)8-10(11)16/h3-8H,1-2H3,(H,17,19). The number of halogens is 1. The van der Waals surface area contributed by atoms with E-state index in [1.165, 1.54) is 32.4 Å². The second-order valence-electron chi connectivity index (χ2n) is 4.41. The number of nitrogens with one attached hydrogen (secondary N) is 1. The molecule has 0 unspecified atom stereocenters. The van der Waals surface area contributed by atoms with Crippen LogP contribution < -0.4 is 14.8 Å². The molecule has 23 heavy (non-hydrogen) atoms. The molecule has 0 saturated carbocycles. The Morgan fingerprint density at radius 2 is 1.78 bits per heavy atom. The van der Waals surface area contributed by atoms with Gasteiger partial charge in [-0.25, -0.2) is 0 Å². The number of non-ortho nitro benzene ring substituents is 1. The smallest absolute Gasteiger partial charge is 0.270 e. The number of ether oxygens (including phenoxy) is 2. The summed E-state index contributed by atoms with van der Waals surface area (Å²) < 4.78 is 10.8. The van der Waals surface area contributed by atoms with Gasteiger partial charge in [-0.2, -0.15) is 0 Å². The van der Waals surface area contributed by atoms with E-state index in [-0.39, 0.29) is 11.3 Å². The number of methoxy groups -OCH3 is 2. The van der Waals surface area contributed by atoms with Gasteiger partial charge >= 0.3 is 0 Å². The number of carbonyl (C=O) groups excluding carboxylic acids is 1. The lowest BCUT2D eigenvalue weighted by Crippen LogP contribution is -2.15. The summed E-state index contributed by atoms with van der Waals surface area (Å²) in [6.45, 7) is 0. The first-order chi connectivity index (χ1) is 11.0. The van der Waals surface area contributed by atoms with Crippen molar-refractivity contribution < 1.29 is 19.2 Å². The Balaban J connectivity index is 2.35. The highest BCUT2D eigenvalue weighted by atomic mass is 79.9. The molecule has 120 valence electrons. The van der Waals surface area contributed by atoms with Crippen LogP contribution in [0.5, 0.6) is 11.5 Å². The van der Waals surface area contributed by atoms with E-state index in [9.17, 15) is 14.9 Å². The third-order valence-electron chi connectivity index (χ3n) is 3.07. The maximum absolute atomic E-state index is 12.5. The molecule has 1 N–H and O–H groups in total. The molecule has 0 bridgehead atoms. The third-order valence-corrected chi connectivity index (χ3v) is 3.72. The molecule has 2 aromatic carbocycles. The van der Waals surface area contributed by atoms with Crippen LogP contribution in [0, 0.1) is 10.1 Å². The highest BCUT2D eigenvalue weighted by Gasteiger charge is 2.19. The van der Waals surface area contributed by atoms with Crippen LogP contribution in [0.3, 0.4) is 0 Å². The van der Waals surface area contributed by atoms with Gasteiger partial charge in [-0.15, -0.1) is 0 Å². The Kier molecular flexibility index (Phi) is 5.17. The van der Waals surface area contributed by atoms with Crippen LogP contribution in [0.1, 0.15) is 10.4 Å². The number of hydrogen-bond acceptors (Lipinski definition) is 5. The summed E-state index contributed by atoms with van der Waals surface area (Å²) in [4.78, 5) is 22.7. The molecule has 0 aliphatic heterocycles. The highest BCUT2D eigenvalue weighted by Crippen LogP contribution is 2.31. The number of carbonyl (C=O) groups is 1. The molecule has 2 aromatic rings. The second-order valence-corrected chi connectivity index (χ2v) is 5.27. The van der Waals surface area contributed by atoms with E-state index in [4.69, 9.17) is 9.47 Å². The van der Waals surface area contributed by atoms with Crippen molar-refractivity contribution in [2.75, 3.05) is 19.5 Å². The van der Waals surface area contributed by atoms with E-state index >= 15 is 0 Å². The zero-order chi connectivity index (χ0) is 17.0. The molecule has 1 amide bonds. The van der Waals surface area contributed by atoms with Gasteiger partial charge in [0, 0.05) is 16.6 Å². The van der Waals surface area contributed by atoms with Crippen molar-refractivity contribution in [1.82, 2.24) is 0 Å². The van der Waals surface area contributed by atoms with Gasteiger partial charge in [0.05, 0.1) is 24.8 Å². The largest absolute Gasteiger partial charge is 0.496 e. The first-order valence-corrected chi connectivity index (χ1v) is 7.23. The first-order valence-electron chi connectivity index (χ1n) is 6.44. The average molecular weight is 381 g/mol. The van der Waals surface area contributed by atoms with Crippen LogP contribution in [-0.2, 0) is 0 Å². The SMILES string of the molecule is COc1cccc(OC)c1C(=O)Nc1ccc([N+](=O)[O-])cc1Br. The minimum Gasteiger partial charge on any atom is -0.496 e. The van der Waals surface area contributed by atoms with Gasteiger partial charge in [0.2, 0.25) is 0 Å². The maximum Gasteiger partial charge on any atom is 0.270 e. The Morgan fingerprint density at radius 3 is 2.26 bits per heavy atom. The van der Waals surface area contributed by atoms with E-state index < -0.39 is 10.8 Å². The number of benzene rings is 2. The number of amides is 1. The average Bonchev–Trinajstić information content (AvgIpc) is 2.55. The molecule has 0 radical (unpaired) electrons. The molecule has 0 atom stereocenters. The molecule has 0 saturated heterocycles. The number of nitro groups is 1. The lowest BCUT2D eigenvalue weighted by atomic mass is 10.1. The van der Waals surface area contributed by atoms with Crippen molar-refractivity contribution in [2.24, 2.45) is 0 Å². The van der Waals surface area contributed by atoms with E-state index in [0.29, 0.717) is 21.7 Å². The van der Waals surface area contributed by atoms with Crippen LogP contribution >= 0.6 is 15.9 Å². The fraction of sp³-hybridized carbons (Fsp3) is 0.133. The lowest BCUT2D eigenvalue weighted by molar-refractivity contribution is -0.384. The summed E-state index contributed by atoms with van der Waals surface area (Å²) in [7, 11) is 2.90. The lowest BCUT2D eigenvalue weighted by Gasteiger charge is -2.13. The minimum atomic E-state index is -0.514. The van der Waals surface area contributed by atoms with Crippen LogP contribution in [0.4, 0.5) is 11.4 Å². The summed E-state index contributed by atoms with van der Waals surface area (Å²) in [5.74, 6) is 0.272. The monoisotopic (exact) mass is 380 g/mol. The van der Waals surface area contributed by atoms with Crippen molar-refractivity contribution in [3.63, 3.8) is 0 Å². The van der Waals surface area contributed by atoms with Crippen molar-refractivity contribution >= 4 is 33.2 Å². The van der Waals surface area contributed by atoms with Crippen LogP contribution in [0.2, 0.25) is 0 Å². The summed E-state index contributed by atoms with van der Waals surface area (Å²) in [6.07, 6.45) is 0. The van der Waals surface area contributed by atoms with Gasteiger partial charge in [0.15, 0.2) is 0 Å². The number of hydrogen-bond donors (Lipinski definition) is 1. The molecule has 0 spiro atoms. The molecule has 0 fully saturated rings. The second kappa shape index (κ2) is 7.10. The molecular weight excluding hydrogens is 368 g/mol. The van der Waals surface area contributed by atoms with Gasteiger partial charge in [-0.3, -0.25) is 14.9 Å². The van der Waals surface area contributed by atoms with Gasteiger partial charge in [-0.05, 0) is 34.1 Å². The molecule has 0 aromatic heterocycles. The fourth-order valence-corrected chi connectivity index (χ4v) is 2.44. The van der Waals surface area contributed by atoms with Gasteiger partial charge in [0.1, 0.15) is 17.1 Å². The Labute approximate surface area is 140 Å². The third kappa shape index (κ3) is 3.59. The minimum absolute atomic E-state index is 0.0789. The van der Waals surface area contributed by atoms with Crippen molar-refractivity contribution in [2.45, 2.75) is 0 Å².